The fourth-order valence-electron chi connectivity index (χ4n) is 3.16. The van der Waals surface area contributed by atoms with Crippen molar-refractivity contribution in [1.29, 1.82) is 5.26 Å². The van der Waals surface area contributed by atoms with Gasteiger partial charge < -0.3 is 27.7 Å². The van der Waals surface area contributed by atoms with Crippen molar-refractivity contribution in [1.82, 2.24) is 14.6 Å². The van der Waals surface area contributed by atoms with E-state index in [1.807, 2.05) is 6.07 Å². The number of rotatable bonds is 3. The van der Waals surface area contributed by atoms with E-state index in [1.54, 1.807) is 12.1 Å². The van der Waals surface area contributed by atoms with Crippen molar-refractivity contribution < 1.29 is 31.6 Å². The summed E-state index contributed by atoms with van der Waals surface area (Å²) in [7, 11) is 0. The first-order chi connectivity index (χ1) is 13.0. The summed E-state index contributed by atoms with van der Waals surface area (Å²) in [6.45, 7) is -0.528. The van der Waals surface area contributed by atoms with Gasteiger partial charge in [0.2, 0.25) is 5.60 Å². The van der Waals surface area contributed by atoms with Gasteiger partial charge in [0, 0.05) is 0 Å². The summed E-state index contributed by atoms with van der Waals surface area (Å²) in [5, 5.41) is 13.8. The average Bonchev–Trinajstić information content (AvgIpc) is 3.33. The minimum Gasteiger partial charge on any atom is -0.429 e. The van der Waals surface area contributed by atoms with E-state index >= 15 is 0 Å². The number of hydrogen-bond donors (Lipinski definition) is 1. The van der Waals surface area contributed by atoms with Crippen molar-refractivity contribution >= 4 is 46.7 Å². The molecule has 4 heterocycles. The Morgan fingerprint density at radius 2 is 2.30 bits per heavy atom. The molecule has 2 aliphatic rings. The van der Waals surface area contributed by atoms with Crippen LogP contribution in [-0.4, -0.2) is 51.3 Å². The van der Waals surface area contributed by atoms with Gasteiger partial charge in [-0.05, 0) is 12.1 Å². The molecule has 0 unspecified atom stereocenters. The van der Waals surface area contributed by atoms with Crippen molar-refractivity contribution in [2.45, 2.75) is 23.9 Å². The maximum atomic E-state index is 11.7. The third-order valence-electron chi connectivity index (χ3n) is 4.31. The van der Waals surface area contributed by atoms with Crippen LogP contribution in [0.5, 0.6) is 0 Å². The number of ether oxygens (including phenoxy) is 4. The predicted molar refractivity (Wildman–Crippen MR) is 91.2 cm³/mol. The van der Waals surface area contributed by atoms with Gasteiger partial charge in [-0.25, -0.2) is 19.1 Å². The van der Waals surface area contributed by atoms with E-state index in [9.17, 15) is 14.9 Å². The van der Waals surface area contributed by atoms with Crippen LogP contribution in [0.15, 0.2) is 18.5 Å². The maximum Gasteiger partial charge on any atom is 0.518 e. The highest BCUT2D eigenvalue weighted by Gasteiger charge is 2.65. The number of nitriles is 1. The molecule has 2 fully saturated rings. The molecule has 0 saturated carbocycles. The molecule has 13 heteroatoms. The van der Waals surface area contributed by atoms with Crippen LogP contribution in [0.25, 0.3) is 5.52 Å². The molecule has 2 saturated heterocycles. The van der Waals surface area contributed by atoms with Crippen LogP contribution in [0.4, 0.5) is 15.4 Å². The number of anilines is 1. The zero-order chi connectivity index (χ0) is 19.2. The Morgan fingerprint density at radius 1 is 1.48 bits per heavy atom. The fraction of sp³-hybridized carbons (Fsp3) is 0.357. The molecule has 0 amide bonds. The van der Waals surface area contributed by atoms with Gasteiger partial charge in [-0.1, -0.05) is 0 Å². The molecule has 4 rings (SSSR count). The van der Waals surface area contributed by atoms with Gasteiger partial charge >= 0.3 is 12.3 Å². The molecular weight excluding hydrogens is 477 g/mol. The number of carbonyl (C=O) groups excluding carboxylic acids is 2. The SMILES string of the molecule is N#C[C@]1(COC(=O)OI)O[C@@H](c2ccc3c(N)ncnn23)[C@@H]2OC(=O)O[C@@H]21. The third-order valence-corrected chi connectivity index (χ3v) is 4.67. The van der Waals surface area contributed by atoms with Gasteiger partial charge in [-0.3, -0.25) is 0 Å². The lowest BCUT2D eigenvalue weighted by atomic mass is 9.96. The fourth-order valence-corrected chi connectivity index (χ4v) is 3.28. The molecule has 0 bridgehead atoms. The Balaban J connectivity index is 1.73. The Hall–Kier alpha value is -2.86. The Kier molecular flexibility index (Phi) is 4.15. The molecule has 0 aromatic carbocycles. The van der Waals surface area contributed by atoms with Gasteiger partial charge in [-0.15, -0.1) is 0 Å². The molecular formula is C14H10IN5O7. The van der Waals surface area contributed by atoms with Crippen LogP contribution >= 0.6 is 23.0 Å². The summed E-state index contributed by atoms with van der Waals surface area (Å²) in [6, 6.07) is 5.24. The van der Waals surface area contributed by atoms with Crippen molar-refractivity contribution in [3.8, 4) is 6.07 Å². The van der Waals surface area contributed by atoms with Crippen LogP contribution in [0.2, 0.25) is 0 Å². The summed E-state index contributed by atoms with van der Waals surface area (Å²) < 4.78 is 26.9. The lowest BCUT2D eigenvalue weighted by molar-refractivity contribution is -0.0909. The number of nitrogens with two attached hydrogens (primary N) is 1. The first kappa shape index (κ1) is 17.5. The van der Waals surface area contributed by atoms with Gasteiger partial charge in [0.25, 0.3) is 0 Å². The summed E-state index contributed by atoms with van der Waals surface area (Å²) in [5.74, 6) is 0.241. The normalized spacial score (nSPS) is 28.9. The number of nitrogen functional groups attached to an aromatic ring is 1. The zero-order valence-electron chi connectivity index (χ0n) is 13.3. The largest absolute Gasteiger partial charge is 0.518 e. The number of carbonyl (C=O) groups is 2. The number of nitrogens with zero attached hydrogens (tertiary/aromatic N) is 4. The van der Waals surface area contributed by atoms with Crippen molar-refractivity contribution in [3.05, 3.63) is 24.2 Å². The van der Waals surface area contributed by atoms with Crippen LogP contribution in [0.3, 0.4) is 0 Å². The smallest absolute Gasteiger partial charge is 0.429 e. The summed E-state index contributed by atoms with van der Waals surface area (Å²) >= 11 is 1.34. The first-order valence-corrected chi connectivity index (χ1v) is 8.37. The molecule has 0 aliphatic carbocycles. The quantitative estimate of drug-likeness (QED) is 0.487. The summed E-state index contributed by atoms with van der Waals surface area (Å²) in [5.41, 5.74) is 5.01. The first-order valence-electron chi connectivity index (χ1n) is 7.49. The average molecular weight is 487 g/mol. The van der Waals surface area contributed by atoms with Gasteiger partial charge in [0.15, 0.2) is 41.0 Å². The third kappa shape index (κ3) is 2.68. The Bertz CT molecular complexity index is 974. The topological polar surface area (TPSA) is 160 Å². The van der Waals surface area contributed by atoms with E-state index in [0.29, 0.717) is 11.2 Å². The molecule has 4 atom stereocenters. The molecule has 140 valence electrons. The lowest BCUT2D eigenvalue weighted by Gasteiger charge is -2.23. The van der Waals surface area contributed by atoms with Crippen LogP contribution in [-0.2, 0) is 22.0 Å². The van der Waals surface area contributed by atoms with Crippen molar-refractivity contribution in [2.75, 3.05) is 12.3 Å². The Morgan fingerprint density at radius 3 is 3.04 bits per heavy atom. The monoisotopic (exact) mass is 487 g/mol. The highest BCUT2D eigenvalue weighted by Crippen LogP contribution is 2.46. The molecule has 12 nitrogen and oxygen atoms in total. The summed E-state index contributed by atoms with van der Waals surface area (Å²) in [4.78, 5) is 26.9. The summed E-state index contributed by atoms with van der Waals surface area (Å²) in [6.07, 6.45) is -3.71. The molecule has 27 heavy (non-hydrogen) atoms. The van der Waals surface area contributed by atoms with E-state index in [2.05, 4.69) is 13.1 Å². The standard InChI is InChI=1S/C14H10IN5O7/c15-27-12(21)23-4-14(3-16)10-9(24-13(22)25-10)8(26-14)6-1-2-7-11(17)18-5-19-20(6)7/h1-2,5,8-10H,4H2,(H2,17,18,19)/t8-,9-,10-,14+/m0/s1. The van der Waals surface area contributed by atoms with Gasteiger partial charge in [0.05, 0.1) is 5.69 Å². The predicted octanol–water partition coefficient (Wildman–Crippen LogP) is 1.05. The highest BCUT2D eigenvalue weighted by atomic mass is 127. The van der Waals surface area contributed by atoms with Crippen LogP contribution < -0.4 is 5.73 Å². The van der Waals surface area contributed by atoms with Crippen LogP contribution in [0, 0.1) is 11.3 Å². The second-order valence-corrected chi connectivity index (χ2v) is 6.17. The Labute approximate surface area is 164 Å². The van der Waals surface area contributed by atoms with Gasteiger partial charge in [0.1, 0.15) is 30.6 Å². The molecule has 0 spiro atoms. The molecule has 2 aromatic rings. The van der Waals surface area contributed by atoms with E-state index in [4.69, 9.17) is 24.7 Å². The van der Waals surface area contributed by atoms with E-state index in [-0.39, 0.29) is 5.82 Å². The van der Waals surface area contributed by atoms with Crippen LogP contribution in [0.1, 0.15) is 11.8 Å². The number of halogens is 1. The number of aromatic nitrogens is 3. The molecule has 2 aromatic heterocycles. The minimum atomic E-state index is -1.78. The van der Waals surface area contributed by atoms with E-state index in [0.717, 1.165) is 0 Å². The highest BCUT2D eigenvalue weighted by molar-refractivity contribution is 14.1. The van der Waals surface area contributed by atoms with Crippen molar-refractivity contribution in [3.63, 3.8) is 0 Å². The minimum absolute atomic E-state index is 0.241. The number of hydrogen-bond acceptors (Lipinski definition) is 11. The second kappa shape index (κ2) is 6.39. The molecule has 2 aliphatic heterocycles. The molecule has 0 radical (unpaired) electrons. The zero-order valence-corrected chi connectivity index (χ0v) is 15.4. The lowest BCUT2D eigenvalue weighted by Crippen LogP contribution is -2.45. The van der Waals surface area contributed by atoms with Crippen molar-refractivity contribution in [2.24, 2.45) is 0 Å². The van der Waals surface area contributed by atoms with E-state index < -0.39 is 42.8 Å². The van der Waals surface area contributed by atoms with E-state index in [1.165, 1.54) is 33.8 Å². The second-order valence-electron chi connectivity index (χ2n) is 5.73. The molecule has 2 N–H and O–H groups in total. The number of fused-ring (bicyclic) bond motifs is 2. The maximum absolute atomic E-state index is 11.7. The van der Waals surface area contributed by atoms with Gasteiger partial charge in [-0.2, -0.15) is 10.4 Å².